The minimum Gasteiger partial charge on any atom is -0.467 e. The Labute approximate surface area is 213 Å². The van der Waals surface area contributed by atoms with Gasteiger partial charge in [-0.05, 0) is 40.5 Å². The van der Waals surface area contributed by atoms with E-state index in [0.29, 0.717) is 0 Å². The standard InChI is InChI=1S/C27H23Cl2NO5/c1-34-24(31)15-14-18-6-3-4-7-20(18)19-12-10-17(11-13-19)16-23(27(33)35-2)30-26(32)25-21(28)8-5-9-22(25)29/h3-15,23H,16H2,1-2H3,(H,30,32)/b15-14+/t23-/m0/s1. The number of rotatable bonds is 8. The Bertz CT molecular complexity index is 1230. The Kier molecular flexibility index (Phi) is 9.06. The summed E-state index contributed by atoms with van der Waals surface area (Å²) in [5.41, 5.74) is 3.58. The van der Waals surface area contributed by atoms with Crippen molar-refractivity contribution in [3.63, 3.8) is 0 Å². The number of methoxy groups -OCH3 is 2. The number of carbonyl (C=O) groups excluding carboxylic acids is 3. The average molecular weight is 512 g/mol. The Morgan fingerprint density at radius 2 is 1.54 bits per heavy atom. The number of hydrogen-bond acceptors (Lipinski definition) is 5. The molecule has 0 fully saturated rings. The first-order valence-corrected chi connectivity index (χ1v) is 11.4. The van der Waals surface area contributed by atoms with Gasteiger partial charge in [-0.1, -0.05) is 77.8 Å². The van der Waals surface area contributed by atoms with Crippen LogP contribution in [0.1, 0.15) is 21.5 Å². The molecule has 0 unspecified atom stereocenters. The monoisotopic (exact) mass is 511 g/mol. The molecule has 1 N–H and O–H groups in total. The second kappa shape index (κ2) is 12.2. The zero-order valence-electron chi connectivity index (χ0n) is 19.1. The first kappa shape index (κ1) is 26.0. The van der Waals surface area contributed by atoms with Crippen molar-refractivity contribution in [2.45, 2.75) is 12.5 Å². The molecule has 6 nitrogen and oxygen atoms in total. The predicted octanol–water partition coefficient (Wildman–Crippen LogP) is 5.36. The summed E-state index contributed by atoms with van der Waals surface area (Å²) in [5, 5.41) is 3.03. The maximum Gasteiger partial charge on any atom is 0.330 e. The summed E-state index contributed by atoms with van der Waals surface area (Å²) >= 11 is 12.3. The molecule has 180 valence electrons. The zero-order chi connectivity index (χ0) is 25.4. The van der Waals surface area contributed by atoms with E-state index < -0.39 is 23.9 Å². The molecule has 3 aromatic rings. The molecule has 0 saturated heterocycles. The third-order valence-corrected chi connectivity index (χ3v) is 5.88. The summed E-state index contributed by atoms with van der Waals surface area (Å²) in [6, 6.07) is 18.9. The normalized spacial score (nSPS) is 11.7. The van der Waals surface area contributed by atoms with Crippen molar-refractivity contribution in [3.8, 4) is 11.1 Å². The van der Waals surface area contributed by atoms with Crippen LogP contribution < -0.4 is 5.32 Å². The highest BCUT2D eigenvalue weighted by molar-refractivity contribution is 6.39. The van der Waals surface area contributed by atoms with Crippen LogP contribution in [0.5, 0.6) is 0 Å². The lowest BCUT2D eigenvalue weighted by molar-refractivity contribution is -0.142. The van der Waals surface area contributed by atoms with Gasteiger partial charge in [-0.2, -0.15) is 0 Å². The van der Waals surface area contributed by atoms with Gasteiger partial charge in [0, 0.05) is 12.5 Å². The third-order valence-electron chi connectivity index (χ3n) is 5.25. The maximum absolute atomic E-state index is 12.8. The SMILES string of the molecule is COC(=O)/C=C/c1ccccc1-c1ccc(C[C@H](NC(=O)c2c(Cl)cccc2Cl)C(=O)OC)cc1. The van der Waals surface area contributed by atoms with Crippen LogP contribution in [0, 0.1) is 0 Å². The van der Waals surface area contributed by atoms with E-state index in [1.807, 2.05) is 48.5 Å². The Hall–Kier alpha value is -3.61. The molecule has 8 heteroatoms. The van der Waals surface area contributed by atoms with Crippen molar-refractivity contribution in [3.05, 3.63) is 99.5 Å². The summed E-state index contributed by atoms with van der Waals surface area (Å²) in [7, 11) is 2.58. The van der Waals surface area contributed by atoms with Crippen LogP contribution in [-0.4, -0.2) is 38.1 Å². The molecule has 3 aromatic carbocycles. The minimum absolute atomic E-state index is 0.0942. The lowest BCUT2D eigenvalue weighted by Gasteiger charge is -2.18. The van der Waals surface area contributed by atoms with Gasteiger partial charge in [-0.3, -0.25) is 4.79 Å². The number of esters is 2. The van der Waals surface area contributed by atoms with Gasteiger partial charge in [0.25, 0.3) is 5.91 Å². The van der Waals surface area contributed by atoms with Crippen molar-refractivity contribution in [1.82, 2.24) is 5.32 Å². The molecule has 1 amide bonds. The highest BCUT2D eigenvalue weighted by Crippen LogP contribution is 2.26. The van der Waals surface area contributed by atoms with Gasteiger partial charge in [0.05, 0.1) is 29.8 Å². The number of amides is 1. The molecule has 0 bridgehead atoms. The van der Waals surface area contributed by atoms with Crippen LogP contribution >= 0.6 is 23.2 Å². The van der Waals surface area contributed by atoms with E-state index in [1.165, 1.54) is 20.3 Å². The largest absolute Gasteiger partial charge is 0.467 e. The van der Waals surface area contributed by atoms with E-state index >= 15 is 0 Å². The lowest BCUT2D eigenvalue weighted by atomic mass is 9.97. The van der Waals surface area contributed by atoms with Gasteiger partial charge in [-0.15, -0.1) is 0 Å². The molecule has 0 spiro atoms. The van der Waals surface area contributed by atoms with Crippen molar-refractivity contribution < 1.29 is 23.9 Å². The van der Waals surface area contributed by atoms with Gasteiger partial charge < -0.3 is 14.8 Å². The molecule has 0 aliphatic rings. The van der Waals surface area contributed by atoms with Gasteiger partial charge in [0.2, 0.25) is 0 Å². The van der Waals surface area contributed by atoms with Crippen LogP contribution in [0.2, 0.25) is 10.0 Å². The Morgan fingerprint density at radius 3 is 2.17 bits per heavy atom. The Morgan fingerprint density at radius 1 is 0.886 bits per heavy atom. The summed E-state index contributed by atoms with van der Waals surface area (Å²) in [4.78, 5) is 36.7. The van der Waals surface area contributed by atoms with Crippen LogP contribution in [-0.2, 0) is 25.5 Å². The second-order valence-electron chi connectivity index (χ2n) is 7.49. The average Bonchev–Trinajstić information content (AvgIpc) is 2.87. The van der Waals surface area contributed by atoms with E-state index in [4.69, 9.17) is 27.9 Å². The molecule has 0 radical (unpaired) electrons. The third kappa shape index (κ3) is 6.72. The topological polar surface area (TPSA) is 81.7 Å². The van der Waals surface area contributed by atoms with E-state index in [-0.39, 0.29) is 22.0 Å². The van der Waals surface area contributed by atoms with Gasteiger partial charge in [0.1, 0.15) is 6.04 Å². The first-order valence-electron chi connectivity index (χ1n) is 10.6. The van der Waals surface area contributed by atoms with Gasteiger partial charge in [-0.25, -0.2) is 9.59 Å². The number of hydrogen-bond donors (Lipinski definition) is 1. The quantitative estimate of drug-likeness (QED) is 0.325. The van der Waals surface area contributed by atoms with Crippen molar-refractivity contribution >= 4 is 47.1 Å². The van der Waals surface area contributed by atoms with Crippen LogP contribution in [0.25, 0.3) is 17.2 Å². The lowest BCUT2D eigenvalue weighted by Crippen LogP contribution is -2.43. The predicted molar refractivity (Wildman–Crippen MR) is 136 cm³/mol. The molecule has 0 aliphatic heterocycles. The number of halogens is 2. The molecule has 3 rings (SSSR count). The fraction of sp³-hybridized carbons (Fsp3) is 0.148. The van der Waals surface area contributed by atoms with E-state index in [0.717, 1.165) is 22.3 Å². The molecule has 1 atom stereocenters. The fourth-order valence-electron chi connectivity index (χ4n) is 3.47. The molecule has 0 aromatic heterocycles. The highest BCUT2D eigenvalue weighted by Gasteiger charge is 2.25. The number of ether oxygens (including phenoxy) is 2. The zero-order valence-corrected chi connectivity index (χ0v) is 20.6. The van der Waals surface area contributed by atoms with Crippen LogP contribution in [0.15, 0.2) is 72.8 Å². The maximum atomic E-state index is 12.8. The molecule has 0 aliphatic carbocycles. The number of carbonyl (C=O) groups is 3. The van der Waals surface area contributed by atoms with Crippen LogP contribution in [0.4, 0.5) is 0 Å². The smallest absolute Gasteiger partial charge is 0.330 e. The van der Waals surface area contributed by atoms with E-state index in [1.54, 1.807) is 24.3 Å². The summed E-state index contributed by atoms with van der Waals surface area (Å²) < 4.78 is 9.54. The van der Waals surface area contributed by atoms with Gasteiger partial charge in [0.15, 0.2) is 0 Å². The summed E-state index contributed by atoms with van der Waals surface area (Å²) in [6.45, 7) is 0. The number of nitrogens with one attached hydrogen (secondary N) is 1. The molecule has 0 heterocycles. The fourth-order valence-corrected chi connectivity index (χ4v) is 4.04. The van der Waals surface area contributed by atoms with Crippen molar-refractivity contribution in [2.75, 3.05) is 14.2 Å². The second-order valence-corrected chi connectivity index (χ2v) is 8.31. The molecule has 35 heavy (non-hydrogen) atoms. The highest BCUT2D eigenvalue weighted by atomic mass is 35.5. The van der Waals surface area contributed by atoms with E-state index in [2.05, 4.69) is 10.1 Å². The number of benzene rings is 3. The molecule has 0 saturated carbocycles. The molecular formula is C27H23Cl2NO5. The van der Waals surface area contributed by atoms with Crippen molar-refractivity contribution in [2.24, 2.45) is 0 Å². The minimum atomic E-state index is -0.944. The first-order chi connectivity index (χ1) is 16.8. The summed E-state index contributed by atoms with van der Waals surface area (Å²) in [5.74, 6) is -1.60. The van der Waals surface area contributed by atoms with Crippen LogP contribution in [0.3, 0.4) is 0 Å². The molecular weight excluding hydrogens is 489 g/mol. The van der Waals surface area contributed by atoms with E-state index in [9.17, 15) is 14.4 Å². The van der Waals surface area contributed by atoms with Gasteiger partial charge >= 0.3 is 11.9 Å². The Balaban J connectivity index is 1.81. The van der Waals surface area contributed by atoms with Crippen molar-refractivity contribution in [1.29, 1.82) is 0 Å². The summed E-state index contributed by atoms with van der Waals surface area (Å²) in [6.07, 6.45) is 3.25.